The number of halogens is 2. The van der Waals surface area contributed by atoms with Gasteiger partial charge in [0.2, 0.25) is 0 Å². The van der Waals surface area contributed by atoms with Crippen LogP contribution in [0.2, 0.25) is 10.0 Å². The largest absolute Gasteiger partial charge is 0.396 e. The van der Waals surface area contributed by atoms with Crippen molar-refractivity contribution in [3.63, 3.8) is 0 Å². The minimum Gasteiger partial charge on any atom is -0.396 e. The average molecular weight is 419 g/mol. The molecule has 0 spiro atoms. The van der Waals surface area contributed by atoms with Gasteiger partial charge >= 0.3 is 0 Å². The zero-order valence-electron chi connectivity index (χ0n) is 16.6. The van der Waals surface area contributed by atoms with Gasteiger partial charge in [0.1, 0.15) is 5.78 Å². The number of carbonyl (C=O) groups excluding carboxylic acids is 1. The van der Waals surface area contributed by atoms with Gasteiger partial charge in [-0.1, -0.05) is 53.9 Å². The van der Waals surface area contributed by atoms with Crippen LogP contribution in [0.5, 0.6) is 0 Å². The fourth-order valence-corrected chi connectivity index (χ4v) is 4.66. The van der Waals surface area contributed by atoms with Crippen molar-refractivity contribution < 1.29 is 4.79 Å². The van der Waals surface area contributed by atoms with Crippen molar-refractivity contribution in [1.29, 1.82) is 0 Å². The standard InChI is InChI=1S/C23H28Cl2N2O/c1-27(2)14-15-6-8-17(9-7-15)18-4-3-5-19(13-18)22(28)12-16-10-20(24)23(26)21(25)11-16/h6-11,18-19H,3-5,12-14,26H2,1-2H3. The van der Waals surface area contributed by atoms with Crippen molar-refractivity contribution >= 4 is 34.7 Å². The molecule has 2 unspecified atom stereocenters. The second kappa shape index (κ2) is 9.30. The summed E-state index contributed by atoms with van der Waals surface area (Å²) in [4.78, 5) is 15.1. The third-order valence-electron chi connectivity index (χ3n) is 5.60. The molecule has 0 bridgehead atoms. The lowest BCUT2D eigenvalue weighted by Crippen LogP contribution is -2.23. The predicted octanol–water partition coefficient (Wildman–Crippen LogP) is 5.72. The number of hydrogen-bond acceptors (Lipinski definition) is 3. The molecular formula is C23H28Cl2N2O. The number of nitrogens with two attached hydrogens (primary N) is 1. The SMILES string of the molecule is CN(C)Cc1ccc(C2CCCC(C(=O)Cc3cc(Cl)c(N)c(Cl)c3)C2)cc1. The Morgan fingerprint density at radius 3 is 2.32 bits per heavy atom. The molecule has 1 fully saturated rings. The number of nitrogens with zero attached hydrogens (tertiary/aromatic N) is 1. The molecule has 5 heteroatoms. The molecule has 3 nitrogen and oxygen atoms in total. The number of anilines is 1. The van der Waals surface area contributed by atoms with Crippen molar-refractivity contribution in [3.05, 3.63) is 63.1 Å². The molecule has 1 aliphatic carbocycles. The van der Waals surface area contributed by atoms with Crippen LogP contribution >= 0.6 is 23.2 Å². The summed E-state index contributed by atoms with van der Waals surface area (Å²) in [5, 5.41) is 0.823. The van der Waals surface area contributed by atoms with Crippen LogP contribution in [0.1, 0.15) is 48.3 Å². The van der Waals surface area contributed by atoms with Gasteiger partial charge in [0.15, 0.2) is 0 Å². The summed E-state index contributed by atoms with van der Waals surface area (Å²) in [7, 11) is 4.15. The Kier molecular flexibility index (Phi) is 7.03. The molecule has 1 aliphatic rings. The maximum atomic E-state index is 12.9. The van der Waals surface area contributed by atoms with Crippen LogP contribution in [0, 0.1) is 5.92 Å². The van der Waals surface area contributed by atoms with E-state index in [0.717, 1.165) is 37.8 Å². The van der Waals surface area contributed by atoms with Gasteiger partial charge in [-0.2, -0.15) is 0 Å². The molecule has 0 amide bonds. The van der Waals surface area contributed by atoms with Crippen LogP contribution in [-0.2, 0) is 17.8 Å². The zero-order valence-corrected chi connectivity index (χ0v) is 18.1. The molecule has 150 valence electrons. The van der Waals surface area contributed by atoms with Crippen molar-refractivity contribution in [2.24, 2.45) is 5.92 Å². The topological polar surface area (TPSA) is 46.3 Å². The molecule has 28 heavy (non-hydrogen) atoms. The first-order valence-corrected chi connectivity index (χ1v) is 10.6. The number of rotatable bonds is 6. The third-order valence-corrected chi connectivity index (χ3v) is 6.22. The summed E-state index contributed by atoms with van der Waals surface area (Å²) in [6.45, 7) is 0.943. The number of carbonyl (C=O) groups is 1. The van der Waals surface area contributed by atoms with Gasteiger partial charge in [0.25, 0.3) is 0 Å². The molecule has 2 atom stereocenters. The summed E-state index contributed by atoms with van der Waals surface area (Å²) < 4.78 is 0. The van der Waals surface area contributed by atoms with Gasteiger partial charge in [-0.3, -0.25) is 4.79 Å². The number of hydrogen-bond donors (Lipinski definition) is 1. The minimum atomic E-state index is 0.0929. The monoisotopic (exact) mass is 418 g/mol. The van der Waals surface area contributed by atoms with E-state index in [-0.39, 0.29) is 11.7 Å². The van der Waals surface area contributed by atoms with E-state index in [1.54, 1.807) is 12.1 Å². The molecule has 2 aromatic carbocycles. The first-order chi connectivity index (χ1) is 13.3. The summed E-state index contributed by atoms with van der Waals surface area (Å²) in [6.07, 6.45) is 4.48. The Morgan fingerprint density at radius 1 is 1.07 bits per heavy atom. The highest BCUT2D eigenvalue weighted by Crippen LogP contribution is 2.37. The van der Waals surface area contributed by atoms with E-state index in [0.29, 0.717) is 28.1 Å². The highest BCUT2D eigenvalue weighted by Gasteiger charge is 2.28. The Morgan fingerprint density at radius 2 is 1.71 bits per heavy atom. The second-order valence-electron chi connectivity index (χ2n) is 8.16. The van der Waals surface area contributed by atoms with Crippen LogP contribution in [0.25, 0.3) is 0 Å². The molecule has 0 aromatic heterocycles. The van der Waals surface area contributed by atoms with Gasteiger partial charge < -0.3 is 10.6 Å². The summed E-state index contributed by atoms with van der Waals surface area (Å²) in [5.41, 5.74) is 9.66. The summed E-state index contributed by atoms with van der Waals surface area (Å²) in [6, 6.07) is 12.4. The molecule has 3 rings (SSSR count). The predicted molar refractivity (Wildman–Crippen MR) is 118 cm³/mol. The fraction of sp³-hybridized carbons (Fsp3) is 0.435. The average Bonchev–Trinajstić information content (AvgIpc) is 2.66. The van der Waals surface area contributed by atoms with Gasteiger partial charge in [-0.05, 0) is 68.1 Å². The highest BCUT2D eigenvalue weighted by atomic mass is 35.5. The molecule has 0 heterocycles. The third kappa shape index (κ3) is 5.28. The van der Waals surface area contributed by atoms with E-state index in [1.807, 2.05) is 0 Å². The second-order valence-corrected chi connectivity index (χ2v) is 8.97. The highest BCUT2D eigenvalue weighted by molar-refractivity contribution is 6.38. The van der Waals surface area contributed by atoms with Crippen LogP contribution in [0.3, 0.4) is 0 Å². The Labute approximate surface area is 177 Å². The van der Waals surface area contributed by atoms with E-state index in [9.17, 15) is 4.79 Å². The van der Waals surface area contributed by atoms with Crippen molar-refractivity contribution in [2.75, 3.05) is 19.8 Å². The van der Waals surface area contributed by atoms with Gasteiger partial charge in [-0.15, -0.1) is 0 Å². The van der Waals surface area contributed by atoms with Crippen LogP contribution in [-0.4, -0.2) is 24.8 Å². The molecule has 1 saturated carbocycles. The minimum absolute atomic E-state index is 0.0929. The van der Waals surface area contributed by atoms with Gasteiger partial charge in [-0.25, -0.2) is 0 Å². The first-order valence-electron chi connectivity index (χ1n) is 9.83. The molecule has 2 aromatic rings. The number of ketones is 1. The van der Waals surface area contributed by atoms with Crippen LogP contribution in [0.4, 0.5) is 5.69 Å². The summed E-state index contributed by atoms with van der Waals surface area (Å²) >= 11 is 12.2. The first kappa shape index (κ1) is 21.2. The van der Waals surface area contributed by atoms with E-state index in [2.05, 4.69) is 43.3 Å². The lowest BCUT2D eigenvalue weighted by molar-refractivity contribution is -0.123. The van der Waals surface area contributed by atoms with Gasteiger partial charge in [0, 0.05) is 18.9 Å². The maximum Gasteiger partial charge on any atom is 0.140 e. The molecule has 0 aliphatic heterocycles. The van der Waals surface area contributed by atoms with Crippen molar-refractivity contribution in [3.8, 4) is 0 Å². The van der Waals surface area contributed by atoms with E-state index >= 15 is 0 Å². The number of benzene rings is 2. The lowest BCUT2D eigenvalue weighted by Gasteiger charge is -2.29. The molecule has 0 radical (unpaired) electrons. The Balaban J connectivity index is 1.65. The molecule has 2 N–H and O–H groups in total. The smallest absolute Gasteiger partial charge is 0.140 e. The quantitative estimate of drug-likeness (QED) is 0.609. The molecular weight excluding hydrogens is 391 g/mol. The Bertz CT molecular complexity index is 810. The van der Waals surface area contributed by atoms with E-state index < -0.39 is 0 Å². The molecule has 0 saturated heterocycles. The number of nitrogen functional groups attached to an aromatic ring is 1. The maximum absolute atomic E-state index is 12.9. The van der Waals surface area contributed by atoms with Crippen molar-refractivity contribution in [2.45, 2.75) is 44.6 Å². The normalized spacial score (nSPS) is 19.8. The van der Waals surface area contributed by atoms with E-state index in [4.69, 9.17) is 28.9 Å². The number of Topliss-reactive ketones (excluding diaryl/α,β-unsaturated/α-hetero) is 1. The van der Waals surface area contributed by atoms with Crippen LogP contribution in [0.15, 0.2) is 36.4 Å². The van der Waals surface area contributed by atoms with Crippen LogP contribution < -0.4 is 5.73 Å². The fourth-order valence-electron chi connectivity index (χ4n) is 4.13. The Hall–Kier alpha value is -1.55. The zero-order chi connectivity index (χ0) is 20.3. The lowest BCUT2D eigenvalue weighted by atomic mass is 9.75. The van der Waals surface area contributed by atoms with Crippen molar-refractivity contribution in [1.82, 2.24) is 4.90 Å². The summed E-state index contributed by atoms with van der Waals surface area (Å²) in [5.74, 6) is 0.816. The van der Waals surface area contributed by atoms with Gasteiger partial charge in [0.05, 0.1) is 15.7 Å². The van der Waals surface area contributed by atoms with E-state index in [1.165, 1.54) is 11.1 Å².